The highest BCUT2D eigenvalue weighted by Gasteiger charge is 2.20. The standard InChI is InChI=1S/C8H15N3O2/c1-2-9-8(13)5-10-6-3-7(12)11-4-6/h6,10H,2-5H2,1H3,(H,9,13)(H,11,12). The molecular weight excluding hydrogens is 170 g/mol. The third-order valence-corrected chi connectivity index (χ3v) is 1.90. The van der Waals surface area contributed by atoms with Crippen LogP contribution in [-0.4, -0.2) is 37.5 Å². The zero-order chi connectivity index (χ0) is 9.68. The summed E-state index contributed by atoms with van der Waals surface area (Å²) in [6.45, 7) is 3.42. The summed E-state index contributed by atoms with van der Waals surface area (Å²) in [5, 5.41) is 8.37. The van der Waals surface area contributed by atoms with Crippen LogP contribution in [0, 0.1) is 0 Å². The highest BCUT2D eigenvalue weighted by atomic mass is 16.2. The fraction of sp³-hybridized carbons (Fsp3) is 0.750. The van der Waals surface area contributed by atoms with Gasteiger partial charge < -0.3 is 16.0 Å². The molecule has 1 saturated heterocycles. The highest BCUT2D eigenvalue weighted by molar-refractivity contribution is 5.80. The average molecular weight is 185 g/mol. The lowest BCUT2D eigenvalue weighted by atomic mass is 10.2. The van der Waals surface area contributed by atoms with Crippen molar-refractivity contribution in [3.8, 4) is 0 Å². The summed E-state index contributed by atoms with van der Waals surface area (Å²) < 4.78 is 0. The number of hydrogen-bond donors (Lipinski definition) is 3. The molecule has 0 aliphatic carbocycles. The molecule has 13 heavy (non-hydrogen) atoms. The molecule has 74 valence electrons. The van der Waals surface area contributed by atoms with Gasteiger partial charge in [0.25, 0.3) is 0 Å². The number of rotatable bonds is 4. The van der Waals surface area contributed by atoms with Gasteiger partial charge in [-0.2, -0.15) is 0 Å². The Labute approximate surface area is 77.3 Å². The van der Waals surface area contributed by atoms with Gasteiger partial charge in [-0.25, -0.2) is 0 Å². The van der Waals surface area contributed by atoms with E-state index in [1.807, 2.05) is 6.92 Å². The van der Waals surface area contributed by atoms with E-state index in [1.165, 1.54) is 0 Å². The summed E-state index contributed by atoms with van der Waals surface area (Å²) in [4.78, 5) is 21.8. The van der Waals surface area contributed by atoms with Crippen LogP contribution in [-0.2, 0) is 9.59 Å². The molecule has 1 aliphatic heterocycles. The molecule has 2 amide bonds. The maximum Gasteiger partial charge on any atom is 0.233 e. The van der Waals surface area contributed by atoms with E-state index in [2.05, 4.69) is 16.0 Å². The van der Waals surface area contributed by atoms with Gasteiger partial charge in [0.05, 0.1) is 6.54 Å². The van der Waals surface area contributed by atoms with E-state index in [0.717, 1.165) is 0 Å². The van der Waals surface area contributed by atoms with E-state index in [0.29, 0.717) is 19.5 Å². The van der Waals surface area contributed by atoms with Crippen LogP contribution in [0.3, 0.4) is 0 Å². The van der Waals surface area contributed by atoms with Gasteiger partial charge >= 0.3 is 0 Å². The van der Waals surface area contributed by atoms with Gasteiger partial charge in [0.15, 0.2) is 0 Å². The molecule has 0 aromatic rings. The number of carbonyl (C=O) groups is 2. The zero-order valence-corrected chi connectivity index (χ0v) is 7.72. The second-order valence-electron chi connectivity index (χ2n) is 3.04. The molecule has 1 rings (SSSR count). The van der Waals surface area contributed by atoms with Crippen LogP contribution in [0.25, 0.3) is 0 Å². The molecule has 5 nitrogen and oxygen atoms in total. The SMILES string of the molecule is CCNC(=O)CNC1CNC(=O)C1. The number of hydrogen-bond acceptors (Lipinski definition) is 3. The monoisotopic (exact) mass is 185 g/mol. The van der Waals surface area contributed by atoms with Crippen molar-refractivity contribution in [2.75, 3.05) is 19.6 Å². The quantitative estimate of drug-likeness (QED) is 0.504. The molecule has 1 unspecified atom stereocenters. The van der Waals surface area contributed by atoms with Crippen molar-refractivity contribution in [2.24, 2.45) is 0 Å². The Hall–Kier alpha value is -1.10. The Morgan fingerprint density at radius 2 is 2.46 bits per heavy atom. The van der Waals surface area contributed by atoms with Gasteiger partial charge in [0.2, 0.25) is 11.8 Å². The van der Waals surface area contributed by atoms with E-state index in [-0.39, 0.29) is 24.4 Å². The third-order valence-electron chi connectivity index (χ3n) is 1.90. The lowest BCUT2D eigenvalue weighted by molar-refractivity contribution is -0.121. The van der Waals surface area contributed by atoms with Crippen LogP contribution in [0.1, 0.15) is 13.3 Å². The topological polar surface area (TPSA) is 70.2 Å². The fourth-order valence-electron chi connectivity index (χ4n) is 1.25. The van der Waals surface area contributed by atoms with Crippen LogP contribution in [0.4, 0.5) is 0 Å². The summed E-state index contributed by atoms with van der Waals surface area (Å²) >= 11 is 0. The highest BCUT2D eigenvalue weighted by Crippen LogP contribution is 1.97. The van der Waals surface area contributed by atoms with Crippen molar-refractivity contribution in [2.45, 2.75) is 19.4 Å². The number of amides is 2. The van der Waals surface area contributed by atoms with E-state index in [1.54, 1.807) is 0 Å². The minimum Gasteiger partial charge on any atom is -0.355 e. The van der Waals surface area contributed by atoms with Gasteiger partial charge in [-0.1, -0.05) is 0 Å². The largest absolute Gasteiger partial charge is 0.355 e. The lowest BCUT2D eigenvalue weighted by Gasteiger charge is -2.09. The average Bonchev–Trinajstić information content (AvgIpc) is 2.49. The van der Waals surface area contributed by atoms with Gasteiger partial charge in [0.1, 0.15) is 0 Å². The predicted molar refractivity (Wildman–Crippen MR) is 48.1 cm³/mol. The smallest absolute Gasteiger partial charge is 0.233 e. The summed E-state index contributed by atoms with van der Waals surface area (Å²) in [5.41, 5.74) is 0. The summed E-state index contributed by atoms with van der Waals surface area (Å²) in [6.07, 6.45) is 0.472. The Kier molecular flexibility index (Phi) is 3.70. The molecule has 0 saturated carbocycles. The van der Waals surface area contributed by atoms with Gasteiger partial charge in [-0.05, 0) is 6.92 Å². The first-order valence-electron chi connectivity index (χ1n) is 4.49. The summed E-state index contributed by atoms with van der Waals surface area (Å²) in [7, 11) is 0. The van der Waals surface area contributed by atoms with E-state index >= 15 is 0 Å². The predicted octanol–water partition coefficient (Wildman–Crippen LogP) is -1.40. The minimum atomic E-state index is -0.0261. The first-order chi connectivity index (χ1) is 6.22. The molecule has 3 N–H and O–H groups in total. The van der Waals surface area contributed by atoms with Crippen LogP contribution in [0.15, 0.2) is 0 Å². The maximum absolute atomic E-state index is 11.0. The van der Waals surface area contributed by atoms with Crippen LogP contribution in [0.2, 0.25) is 0 Å². The molecule has 1 heterocycles. The maximum atomic E-state index is 11.0. The van der Waals surface area contributed by atoms with Crippen LogP contribution >= 0.6 is 0 Å². The molecule has 0 spiro atoms. The Morgan fingerprint density at radius 3 is 3.00 bits per heavy atom. The van der Waals surface area contributed by atoms with Crippen molar-refractivity contribution >= 4 is 11.8 Å². The molecule has 1 fully saturated rings. The summed E-state index contributed by atoms with van der Waals surface area (Å²) in [5.74, 6) is 0.0234. The zero-order valence-electron chi connectivity index (χ0n) is 7.72. The Morgan fingerprint density at radius 1 is 1.69 bits per heavy atom. The van der Waals surface area contributed by atoms with Crippen molar-refractivity contribution in [3.05, 3.63) is 0 Å². The van der Waals surface area contributed by atoms with Crippen molar-refractivity contribution in [1.82, 2.24) is 16.0 Å². The molecule has 0 aromatic carbocycles. The Balaban J connectivity index is 2.12. The van der Waals surface area contributed by atoms with Crippen molar-refractivity contribution in [3.63, 3.8) is 0 Å². The van der Waals surface area contributed by atoms with Crippen molar-refractivity contribution in [1.29, 1.82) is 0 Å². The Bertz CT molecular complexity index is 206. The molecule has 1 atom stereocenters. The molecule has 0 radical (unpaired) electrons. The second kappa shape index (κ2) is 4.81. The first kappa shape index (κ1) is 9.98. The third kappa shape index (κ3) is 3.42. The molecule has 0 aromatic heterocycles. The minimum absolute atomic E-state index is 0.0261. The van der Waals surface area contributed by atoms with E-state index < -0.39 is 0 Å². The molecule has 0 bridgehead atoms. The first-order valence-corrected chi connectivity index (χ1v) is 4.49. The number of carbonyl (C=O) groups excluding carboxylic acids is 2. The van der Waals surface area contributed by atoms with Gasteiger partial charge in [-0.15, -0.1) is 0 Å². The van der Waals surface area contributed by atoms with Crippen molar-refractivity contribution < 1.29 is 9.59 Å². The van der Waals surface area contributed by atoms with Crippen LogP contribution in [0.5, 0.6) is 0 Å². The summed E-state index contributed by atoms with van der Waals surface area (Å²) in [6, 6.07) is 0.107. The number of nitrogens with one attached hydrogen (secondary N) is 3. The van der Waals surface area contributed by atoms with Gasteiger partial charge in [-0.3, -0.25) is 9.59 Å². The molecule has 5 heteroatoms. The second-order valence-corrected chi connectivity index (χ2v) is 3.04. The molecule has 1 aliphatic rings. The fourth-order valence-corrected chi connectivity index (χ4v) is 1.25. The number of likely N-dealkylation sites (N-methyl/N-ethyl adjacent to an activating group) is 1. The normalized spacial score (nSPS) is 21.3. The lowest BCUT2D eigenvalue weighted by Crippen LogP contribution is -2.39. The van der Waals surface area contributed by atoms with E-state index in [4.69, 9.17) is 0 Å². The van der Waals surface area contributed by atoms with Crippen LogP contribution < -0.4 is 16.0 Å². The van der Waals surface area contributed by atoms with Gasteiger partial charge in [0, 0.05) is 25.6 Å². The van der Waals surface area contributed by atoms with E-state index in [9.17, 15) is 9.59 Å². The molecular formula is C8H15N3O2.